The lowest BCUT2D eigenvalue weighted by Crippen LogP contribution is -2.44. The van der Waals surface area contributed by atoms with Crippen LogP contribution in [0.3, 0.4) is 0 Å². The van der Waals surface area contributed by atoms with E-state index in [0.29, 0.717) is 18.9 Å². The molecule has 1 amide bonds. The van der Waals surface area contributed by atoms with Crippen molar-refractivity contribution in [2.45, 2.75) is 44.0 Å². The van der Waals surface area contributed by atoms with Gasteiger partial charge in [-0.2, -0.15) is 0 Å². The number of anilines is 1. The van der Waals surface area contributed by atoms with Crippen LogP contribution in [0.4, 0.5) is 5.69 Å². The van der Waals surface area contributed by atoms with Crippen molar-refractivity contribution in [1.82, 2.24) is 10.0 Å². The van der Waals surface area contributed by atoms with Crippen LogP contribution in [0.1, 0.15) is 32.3 Å². The van der Waals surface area contributed by atoms with Crippen molar-refractivity contribution >= 4 is 34.0 Å². The van der Waals surface area contributed by atoms with Gasteiger partial charge in [0.1, 0.15) is 0 Å². The Labute approximate surface area is 155 Å². The van der Waals surface area contributed by atoms with Crippen LogP contribution in [0.15, 0.2) is 23.1 Å². The molecule has 0 aliphatic carbocycles. The van der Waals surface area contributed by atoms with E-state index in [9.17, 15) is 13.2 Å². The van der Waals surface area contributed by atoms with Crippen LogP contribution in [0, 0.1) is 5.92 Å². The SMILES string of the molecule is CC(=O)N1CCc2cc(S(=O)(=O)NC(C)C3CCCNC3)ccc21.Cl. The standard InChI is InChI=1S/C17H25N3O3S.ClH/c1-12(15-4-3-8-18-11-15)19-24(22,23)16-5-6-17-14(10-16)7-9-20(17)13(2)21;/h5-6,10,12,15,18-19H,3-4,7-9,11H2,1-2H3;1H. The molecule has 8 heteroatoms. The number of halogens is 1. The molecule has 6 nitrogen and oxygen atoms in total. The molecule has 1 aromatic rings. The lowest BCUT2D eigenvalue weighted by molar-refractivity contribution is -0.116. The fourth-order valence-electron chi connectivity index (χ4n) is 3.59. The average Bonchev–Trinajstić information content (AvgIpc) is 2.98. The van der Waals surface area contributed by atoms with Crippen LogP contribution < -0.4 is 14.9 Å². The number of fused-ring (bicyclic) bond motifs is 1. The zero-order chi connectivity index (χ0) is 17.3. The summed E-state index contributed by atoms with van der Waals surface area (Å²) in [7, 11) is -3.55. The molecule has 2 heterocycles. The third kappa shape index (κ3) is 4.34. The minimum absolute atomic E-state index is 0. The largest absolute Gasteiger partial charge is 0.316 e. The summed E-state index contributed by atoms with van der Waals surface area (Å²) < 4.78 is 28.2. The Hall–Kier alpha value is -1.15. The van der Waals surface area contributed by atoms with E-state index >= 15 is 0 Å². The fourth-order valence-corrected chi connectivity index (χ4v) is 4.95. The van der Waals surface area contributed by atoms with Crippen LogP contribution in [0.5, 0.6) is 0 Å². The van der Waals surface area contributed by atoms with Crippen molar-refractivity contribution in [3.8, 4) is 0 Å². The molecule has 1 fully saturated rings. The van der Waals surface area contributed by atoms with Crippen LogP contribution in [0.25, 0.3) is 0 Å². The molecule has 0 spiro atoms. The zero-order valence-corrected chi connectivity index (χ0v) is 16.3. The Bertz CT molecular complexity index is 733. The fraction of sp³-hybridized carbons (Fsp3) is 0.588. The molecule has 0 bridgehead atoms. The Morgan fingerprint density at radius 3 is 2.80 bits per heavy atom. The van der Waals surface area contributed by atoms with Crippen LogP contribution in [-0.4, -0.2) is 40.0 Å². The number of amides is 1. The normalized spacial score (nSPS) is 21.4. The van der Waals surface area contributed by atoms with E-state index in [1.165, 1.54) is 6.92 Å². The summed E-state index contributed by atoms with van der Waals surface area (Å²) in [5.41, 5.74) is 1.74. The van der Waals surface area contributed by atoms with Gasteiger partial charge >= 0.3 is 0 Å². The molecule has 2 aliphatic heterocycles. The van der Waals surface area contributed by atoms with Gasteiger partial charge in [0.15, 0.2) is 0 Å². The molecule has 0 radical (unpaired) electrons. The topological polar surface area (TPSA) is 78.5 Å². The summed E-state index contributed by atoms with van der Waals surface area (Å²) in [5, 5.41) is 3.32. The maximum Gasteiger partial charge on any atom is 0.240 e. The Morgan fingerprint density at radius 2 is 2.16 bits per heavy atom. The third-order valence-corrected chi connectivity index (χ3v) is 6.58. The number of hydrogen-bond acceptors (Lipinski definition) is 4. The smallest absolute Gasteiger partial charge is 0.240 e. The molecular weight excluding hydrogens is 362 g/mol. The molecule has 140 valence electrons. The number of hydrogen-bond donors (Lipinski definition) is 2. The van der Waals surface area contributed by atoms with Crippen molar-refractivity contribution < 1.29 is 13.2 Å². The summed E-state index contributed by atoms with van der Waals surface area (Å²) in [4.78, 5) is 13.6. The molecule has 1 saturated heterocycles. The van der Waals surface area contributed by atoms with Crippen molar-refractivity contribution in [3.05, 3.63) is 23.8 Å². The maximum absolute atomic E-state index is 12.7. The van der Waals surface area contributed by atoms with Crippen LogP contribution in [0.2, 0.25) is 0 Å². The van der Waals surface area contributed by atoms with Gasteiger partial charge in [-0.05, 0) is 69.0 Å². The highest BCUT2D eigenvalue weighted by molar-refractivity contribution is 7.89. The maximum atomic E-state index is 12.7. The minimum Gasteiger partial charge on any atom is -0.316 e. The van der Waals surface area contributed by atoms with Gasteiger partial charge in [-0.25, -0.2) is 13.1 Å². The van der Waals surface area contributed by atoms with Gasteiger partial charge in [0.2, 0.25) is 15.9 Å². The molecule has 2 N–H and O–H groups in total. The van der Waals surface area contributed by atoms with Crippen LogP contribution in [-0.2, 0) is 21.2 Å². The van der Waals surface area contributed by atoms with Crippen molar-refractivity contribution in [2.75, 3.05) is 24.5 Å². The molecule has 25 heavy (non-hydrogen) atoms. The van der Waals surface area contributed by atoms with E-state index in [1.807, 2.05) is 6.92 Å². The van der Waals surface area contributed by atoms with Gasteiger partial charge < -0.3 is 10.2 Å². The zero-order valence-electron chi connectivity index (χ0n) is 14.6. The summed E-state index contributed by atoms with van der Waals surface area (Å²) >= 11 is 0. The lowest BCUT2D eigenvalue weighted by atomic mass is 9.94. The highest BCUT2D eigenvalue weighted by Gasteiger charge is 2.27. The van der Waals surface area contributed by atoms with E-state index < -0.39 is 10.0 Å². The number of carbonyl (C=O) groups excluding carboxylic acids is 1. The van der Waals surface area contributed by atoms with Gasteiger partial charge in [-0.3, -0.25) is 4.79 Å². The van der Waals surface area contributed by atoms with Gasteiger partial charge in [0.05, 0.1) is 4.90 Å². The third-order valence-electron chi connectivity index (χ3n) is 5.02. The minimum atomic E-state index is -3.55. The van der Waals surface area contributed by atoms with Gasteiger partial charge in [-0.1, -0.05) is 0 Å². The number of nitrogens with one attached hydrogen (secondary N) is 2. The first-order valence-electron chi connectivity index (χ1n) is 8.52. The Kier molecular flexibility index (Phi) is 6.48. The predicted molar refractivity (Wildman–Crippen MR) is 101 cm³/mol. The molecule has 0 saturated carbocycles. The first kappa shape index (κ1) is 20.2. The summed E-state index contributed by atoms with van der Waals surface area (Å²) in [6.45, 7) is 5.93. The van der Waals surface area contributed by atoms with E-state index in [0.717, 1.165) is 37.2 Å². The Morgan fingerprint density at radius 1 is 1.40 bits per heavy atom. The summed E-state index contributed by atoms with van der Waals surface area (Å²) in [6, 6.07) is 4.93. The Balaban J connectivity index is 0.00000225. The number of sulfonamides is 1. The van der Waals surface area contributed by atoms with Crippen LogP contribution >= 0.6 is 12.4 Å². The quantitative estimate of drug-likeness (QED) is 0.823. The van der Waals surface area contributed by atoms with E-state index in [4.69, 9.17) is 0 Å². The summed E-state index contributed by atoms with van der Waals surface area (Å²) in [6.07, 6.45) is 2.81. The molecule has 3 rings (SSSR count). The van der Waals surface area contributed by atoms with Crippen molar-refractivity contribution in [3.63, 3.8) is 0 Å². The molecule has 2 atom stereocenters. The monoisotopic (exact) mass is 387 g/mol. The van der Waals surface area contributed by atoms with Crippen molar-refractivity contribution in [2.24, 2.45) is 5.92 Å². The first-order valence-corrected chi connectivity index (χ1v) is 10.0. The average molecular weight is 388 g/mol. The highest BCUT2D eigenvalue weighted by Crippen LogP contribution is 2.30. The van der Waals surface area contributed by atoms with Gasteiger partial charge in [-0.15, -0.1) is 12.4 Å². The lowest BCUT2D eigenvalue weighted by Gasteiger charge is -2.28. The highest BCUT2D eigenvalue weighted by atomic mass is 35.5. The number of benzene rings is 1. The molecular formula is C17H26ClN3O3S. The van der Waals surface area contributed by atoms with Gasteiger partial charge in [0, 0.05) is 25.2 Å². The second-order valence-corrected chi connectivity index (χ2v) is 8.44. The molecule has 2 aliphatic rings. The molecule has 1 aromatic carbocycles. The first-order chi connectivity index (χ1) is 11.4. The predicted octanol–water partition coefficient (Wildman–Crippen LogP) is 1.68. The van der Waals surface area contributed by atoms with Crippen molar-refractivity contribution in [1.29, 1.82) is 0 Å². The van der Waals surface area contributed by atoms with E-state index in [1.54, 1.807) is 23.1 Å². The molecule has 0 aromatic heterocycles. The van der Waals surface area contributed by atoms with E-state index in [2.05, 4.69) is 10.0 Å². The summed E-state index contributed by atoms with van der Waals surface area (Å²) in [5.74, 6) is 0.303. The number of carbonyl (C=O) groups is 1. The van der Waals surface area contributed by atoms with Gasteiger partial charge in [0.25, 0.3) is 0 Å². The van der Waals surface area contributed by atoms with E-state index in [-0.39, 0.29) is 29.3 Å². The molecule has 2 unspecified atom stereocenters. The second-order valence-electron chi connectivity index (χ2n) is 6.73. The number of rotatable bonds is 4. The number of piperidine rings is 1. The second kappa shape index (κ2) is 8.03. The number of nitrogens with zero attached hydrogens (tertiary/aromatic N) is 1.